The number of epoxide rings is 1. The zero-order chi connectivity index (χ0) is 26.8. The van der Waals surface area contributed by atoms with Crippen LogP contribution in [0.4, 0.5) is 0 Å². The summed E-state index contributed by atoms with van der Waals surface area (Å²) in [4.78, 5) is 24.5. The first-order valence-electron chi connectivity index (χ1n) is 13.8. The van der Waals surface area contributed by atoms with Crippen LogP contribution in [0, 0.1) is 29.1 Å². The zero-order valence-electron chi connectivity index (χ0n) is 22.6. The van der Waals surface area contributed by atoms with Crippen molar-refractivity contribution in [2.24, 2.45) is 29.1 Å². The molecule has 202 valence electrons. The van der Waals surface area contributed by atoms with Gasteiger partial charge in [-0.25, -0.2) is 9.59 Å². The van der Waals surface area contributed by atoms with E-state index >= 15 is 0 Å². The van der Waals surface area contributed by atoms with Crippen molar-refractivity contribution in [3.05, 3.63) is 36.0 Å². The third-order valence-electron chi connectivity index (χ3n) is 11.4. The third-order valence-corrected chi connectivity index (χ3v) is 11.4. The molecule has 0 bridgehead atoms. The monoisotopic (exact) mass is 512 g/mol. The molecule has 3 heterocycles. The highest BCUT2D eigenvalue weighted by molar-refractivity contribution is 5.88. The topological polar surface area (TPSA) is 106 Å². The number of aliphatic hydroxyl groups is 2. The number of carbonyl (C=O) groups excluding carboxylic acids is 2. The van der Waals surface area contributed by atoms with E-state index in [1.165, 1.54) is 6.08 Å². The number of fused-ring (bicyclic) bond motifs is 4. The number of carbonyl (C=O) groups is 2. The molecule has 0 aromatic carbocycles. The van der Waals surface area contributed by atoms with Crippen LogP contribution in [0.15, 0.2) is 36.0 Å². The van der Waals surface area contributed by atoms with Gasteiger partial charge in [0.1, 0.15) is 23.4 Å². The first-order chi connectivity index (χ1) is 17.2. The highest BCUT2D eigenvalue weighted by atomic mass is 16.6. The van der Waals surface area contributed by atoms with Gasteiger partial charge < -0.3 is 24.4 Å². The molecule has 1 saturated heterocycles. The Morgan fingerprint density at radius 2 is 1.81 bits per heavy atom. The van der Waals surface area contributed by atoms with E-state index in [1.807, 2.05) is 32.9 Å². The van der Waals surface area contributed by atoms with Gasteiger partial charge in [0.05, 0.1) is 11.2 Å². The fourth-order valence-corrected chi connectivity index (χ4v) is 9.15. The van der Waals surface area contributed by atoms with E-state index in [9.17, 15) is 19.8 Å². The minimum absolute atomic E-state index is 0.0316. The summed E-state index contributed by atoms with van der Waals surface area (Å²) in [6, 6.07) is 0. The first-order valence-corrected chi connectivity index (χ1v) is 13.8. The maximum atomic E-state index is 12.4. The molecule has 4 fully saturated rings. The largest absolute Gasteiger partial charge is 0.458 e. The predicted octanol–water partition coefficient (Wildman–Crippen LogP) is 3.78. The van der Waals surface area contributed by atoms with E-state index in [1.54, 1.807) is 6.92 Å². The summed E-state index contributed by atoms with van der Waals surface area (Å²) >= 11 is 0. The lowest BCUT2D eigenvalue weighted by atomic mass is 9.55. The van der Waals surface area contributed by atoms with Crippen LogP contribution in [-0.2, 0) is 23.8 Å². The number of ether oxygens (including phenoxy) is 3. The standard InChI is InChI=1S/C30H40O7/c1-16-7-8-20(35-24(16)32)18(3)28(33)14-13-27(6)19(17(28)2)15-29(34)22(27)10-9-21-26(4,5)36-23(31)11-12-30(21)25(29)37-30/h7,11-12,18-22,25,33-34H,2,8-10,13-15H2,1,3-6H3. The van der Waals surface area contributed by atoms with E-state index < -0.39 is 34.6 Å². The normalized spacial score (nSPS) is 50.7. The van der Waals surface area contributed by atoms with Gasteiger partial charge in [0.2, 0.25) is 0 Å². The molecule has 3 aliphatic carbocycles. The maximum absolute atomic E-state index is 12.4. The third kappa shape index (κ3) is 3.23. The summed E-state index contributed by atoms with van der Waals surface area (Å²) in [6.45, 7) is 14.3. The molecule has 0 amide bonds. The van der Waals surface area contributed by atoms with Gasteiger partial charge >= 0.3 is 11.9 Å². The molecule has 0 aromatic rings. The quantitative estimate of drug-likeness (QED) is 0.330. The second kappa shape index (κ2) is 7.57. The van der Waals surface area contributed by atoms with Gasteiger partial charge in [0, 0.05) is 29.9 Å². The first kappa shape index (κ1) is 25.3. The van der Waals surface area contributed by atoms with Crippen LogP contribution in [0.5, 0.6) is 0 Å². The Morgan fingerprint density at radius 1 is 1.11 bits per heavy atom. The molecule has 7 nitrogen and oxygen atoms in total. The molecule has 37 heavy (non-hydrogen) atoms. The Morgan fingerprint density at radius 3 is 2.51 bits per heavy atom. The zero-order valence-corrected chi connectivity index (χ0v) is 22.6. The second-order valence-corrected chi connectivity index (χ2v) is 13.5. The molecule has 6 rings (SSSR count). The van der Waals surface area contributed by atoms with Crippen LogP contribution >= 0.6 is 0 Å². The molecule has 0 aromatic heterocycles. The van der Waals surface area contributed by atoms with Crippen LogP contribution in [0.1, 0.15) is 73.1 Å². The lowest BCUT2D eigenvalue weighted by molar-refractivity contribution is -0.156. The number of esters is 2. The van der Waals surface area contributed by atoms with E-state index in [4.69, 9.17) is 14.2 Å². The average Bonchev–Trinajstić information content (AvgIpc) is 3.54. The van der Waals surface area contributed by atoms with Crippen molar-refractivity contribution >= 4 is 11.9 Å². The highest BCUT2D eigenvalue weighted by Gasteiger charge is 2.78. The molecular weight excluding hydrogens is 472 g/mol. The molecule has 3 saturated carbocycles. The van der Waals surface area contributed by atoms with Crippen molar-refractivity contribution in [3.8, 4) is 0 Å². The van der Waals surface area contributed by atoms with Gasteiger partial charge in [0.15, 0.2) is 0 Å². The smallest absolute Gasteiger partial charge is 0.333 e. The molecule has 1 spiro atoms. The summed E-state index contributed by atoms with van der Waals surface area (Å²) in [5.41, 5.74) is -2.64. The Bertz CT molecular complexity index is 1140. The van der Waals surface area contributed by atoms with E-state index in [0.717, 1.165) is 24.8 Å². The van der Waals surface area contributed by atoms with Crippen molar-refractivity contribution in [2.45, 2.75) is 108 Å². The minimum Gasteiger partial charge on any atom is -0.458 e. The highest BCUT2D eigenvalue weighted by Crippen LogP contribution is 2.72. The van der Waals surface area contributed by atoms with Gasteiger partial charge in [-0.15, -0.1) is 0 Å². The van der Waals surface area contributed by atoms with E-state index in [0.29, 0.717) is 24.8 Å². The van der Waals surface area contributed by atoms with E-state index in [-0.39, 0.29) is 41.0 Å². The summed E-state index contributed by atoms with van der Waals surface area (Å²) in [5, 5.41) is 24.5. The van der Waals surface area contributed by atoms with Gasteiger partial charge in [-0.2, -0.15) is 0 Å². The fourth-order valence-electron chi connectivity index (χ4n) is 9.15. The second-order valence-electron chi connectivity index (χ2n) is 13.5. The SMILES string of the molecule is C=C1C2CC3(O)C(CCC4C(C)(C)OC(=O)C=CC45OC35)C2(C)CCC1(O)C(C)C1CC=C(C)C(=O)O1. The van der Waals surface area contributed by atoms with Gasteiger partial charge in [-0.05, 0) is 81.8 Å². The summed E-state index contributed by atoms with van der Waals surface area (Å²) in [7, 11) is 0. The molecule has 0 radical (unpaired) electrons. The fraction of sp³-hybridized carbons (Fsp3) is 0.733. The number of rotatable bonds is 2. The Hall–Kier alpha value is -1.96. The molecule has 3 aliphatic heterocycles. The van der Waals surface area contributed by atoms with Crippen LogP contribution < -0.4 is 0 Å². The molecular formula is C30H40O7. The van der Waals surface area contributed by atoms with Crippen molar-refractivity contribution in [3.63, 3.8) is 0 Å². The summed E-state index contributed by atoms with van der Waals surface area (Å²) in [5.74, 6) is -1.21. The number of hydrogen-bond donors (Lipinski definition) is 2. The number of hydrogen-bond acceptors (Lipinski definition) is 7. The van der Waals surface area contributed by atoms with Crippen LogP contribution in [0.2, 0.25) is 0 Å². The van der Waals surface area contributed by atoms with Gasteiger partial charge in [0.25, 0.3) is 0 Å². The molecule has 10 unspecified atom stereocenters. The lowest BCUT2D eigenvalue weighted by Gasteiger charge is -2.52. The minimum atomic E-state index is -1.19. The number of cyclic esters (lactones) is 2. The van der Waals surface area contributed by atoms with E-state index in [2.05, 4.69) is 13.5 Å². The maximum Gasteiger partial charge on any atom is 0.333 e. The molecule has 10 atom stereocenters. The van der Waals surface area contributed by atoms with Crippen LogP contribution in [0.25, 0.3) is 0 Å². The Balaban J connectivity index is 1.32. The molecule has 2 N–H and O–H groups in total. The molecule has 6 aliphatic rings. The van der Waals surface area contributed by atoms with Crippen LogP contribution in [-0.4, -0.2) is 56.8 Å². The van der Waals surface area contributed by atoms with Crippen molar-refractivity contribution in [1.82, 2.24) is 0 Å². The van der Waals surface area contributed by atoms with Crippen molar-refractivity contribution in [2.75, 3.05) is 0 Å². The average molecular weight is 513 g/mol. The van der Waals surface area contributed by atoms with Crippen molar-refractivity contribution in [1.29, 1.82) is 0 Å². The predicted molar refractivity (Wildman–Crippen MR) is 135 cm³/mol. The van der Waals surface area contributed by atoms with Gasteiger partial charge in [-0.3, -0.25) is 0 Å². The Labute approximate surface area is 218 Å². The lowest BCUT2D eigenvalue weighted by Crippen LogP contribution is -2.53. The van der Waals surface area contributed by atoms with Gasteiger partial charge in [-0.1, -0.05) is 26.5 Å². The Kier molecular flexibility index (Phi) is 5.18. The van der Waals surface area contributed by atoms with Crippen LogP contribution in [0.3, 0.4) is 0 Å². The molecule has 7 heteroatoms. The summed E-state index contributed by atoms with van der Waals surface area (Å²) < 4.78 is 17.9. The van der Waals surface area contributed by atoms with Crippen molar-refractivity contribution < 1.29 is 34.0 Å². The summed E-state index contributed by atoms with van der Waals surface area (Å²) in [6.07, 6.45) is 8.15.